The summed E-state index contributed by atoms with van der Waals surface area (Å²) in [5.74, 6) is 0.658. The van der Waals surface area contributed by atoms with Crippen molar-refractivity contribution in [3.63, 3.8) is 0 Å². The van der Waals surface area contributed by atoms with Gasteiger partial charge in [0.25, 0.3) is 0 Å². The third-order valence-corrected chi connectivity index (χ3v) is 3.65. The van der Waals surface area contributed by atoms with E-state index in [-0.39, 0.29) is 17.6 Å². The lowest BCUT2D eigenvalue weighted by Crippen LogP contribution is -2.08. The first-order chi connectivity index (χ1) is 10.7. The van der Waals surface area contributed by atoms with E-state index < -0.39 is 11.7 Å². The van der Waals surface area contributed by atoms with E-state index >= 15 is 0 Å². The highest BCUT2D eigenvalue weighted by Gasteiger charge is 2.34. The van der Waals surface area contributed by atoms with E-state index in [1.165, 1.54) is 12.1 Å². The van der Waals surface area contributed by atoms with Crippen LogP contribution in [0.2, 0.25) is 0 Å². The minimum atomic E-state index is -4.46. The summed E-state index contributed by atoms with van der Waals surface area (Å²) in [6.45, 7) is 8.14. The lowest BCUT2D eigenvalue weighted by atomic mass is 9.90. The van der Waals surface area contributed by atoms with Gasteiger partial charge in [0.1, 0.15) is 11.5 Å². The Bertz CT molecular complexity index is 673. The summed E-state index contributed by atoms with van der Waals surface area (Å²) in [6, 6.07) is 11.6. The lowest BCUT2D eigenvalue weighted by Gasteiger charge is -2.21. The van der Waals surface area contributed by atoms with Crippen LogP contribution in [0.15, 0.2) is 36.4 Å². The summed E-state index contributed by atoms with van der Waals surface area (Å²) in [7, 11) is 0. The Balaban J connectivity index is 2.52. The van der Waals surface area contributed by atoms with E-state index in [0.29, 0.717) is 5.75 Å². The van der Waals surface area contributed by atoms with Crippen molar-refractivity contribution in [1.82, 2.24) is 0 Å². The Morgan fingerprint density at radius 1 is 0.957 bits per heavy atom. The first-order valence-electron chi connectivity index (χ1n) is 7.59. The predicted molar refractivity (Wildman–Crippen MR) is 85.0 cm³/mol. The molecule has 23 heavy (non-hydrogen) atoms. The molecule has 0 heterocycles. The van der Waals surface area contributed by atoms with Crippen LogP contribution in [0.4, 0.5) is 13.2 Å². The fourth-order valence-electron chi connectivity index (χ4n) is 2.62. The first-order valence-corrected chi connectivity index (χ1v) is 7.59. The second kappa shape index (κ2) is 6.65. The van der Waals surface area contributed by atoms with Crippen LogP contribution in [0, 0.1) is 6.07 Å². The van der Waals surface area contributed by atoms with Crippen LogP contribution in [0.5, 0.6) is 11.5 Å². The van der Waals surface area contributed by atoms with E-state index in [4.69, 9.17) is 4.74 Å². The summed E-state index contributed by atoms with van der Waals surface area (Å²) in [5, 5.41) is 0. The van der Waals surface area contributed by atoms with Gasteiger partial charge in [-0.05, 0) is 41.7 Å². The molecule has 0 saturated carbocycles. The summed E-state index contributed by atoms with van der Waals surface area (Å²) in [5.41, 5.74) is 1.24. The fourth-order valence-corrected chi connectivity index (χ4v) is 2.62. The molecule has 4 heteroatoms. The van der Waals surface area contributed by atoms with Crippen LogP contribution in [0.1, 0.15) is 56.2 Å². The van der Waals surface area contributed by atoms with Gasteiger partial charge in [0, 0.05) is 5.56 Å². The predicted octanol–water partition coefficient (Wildman–Crippen LogP) is 6.54. The molecular weight excluding hydrogens is 301 g/mol. The van der Waals surface area contributed by atoms with Crippen molar-refractivity contribution < 1.29 is 17.9 Å². The molecule has 2 aromatic carbocycles. The standard InChI is InChI=1S/C19H20F3O/c1-12(2)14-8-7-11-17(18(14)13(3)4)23-16-10-6-5-9-15(16)19(20,21)22/h5,7-13H,1-4H3. The lowest BCUT2D eigenvalue weighted by molar-refractivity contribution is -0.138. The molecule has 0 aliphatic heterocycles. The second-order valence-electron chi connectivity index (χ2n) is 6.09. The fraction of sp³-hybridized carbons (Fsp3) is 0.368. The molecule has 2 aromatic rings. The molecule has 1 nitrogen and oxygen atoms in total. The van der Waals surface area contributed by atoms with Crippen molar-refractivity contribution in [3.05, 3.63) is 59.2 Å². The Morgan fingerprint density at radius 2 is 1.65 bits per heavy atom. The van der Waals surface area contributed by atoms with Gasteiger partial charge in [-0.25, -0.2) is 0 Å². The third-order valence-electron chi connectivity index (χ3n) is 3.65. The van der Waals surface area contributed by atoms with Gasteiger partial charge in [-0.15, -0.1) is 0 Å². The number of alkyl halides is 3. The average Bonchev–Trinajstić information content (AvgIpc) is 2.46. The highest BCUT2D eigenvalue weighted by Crippen LogP contribution is 2.41. The van der Waals surface area contributed by atoms with Crippen LogP contribution in [0.25, 0.3) is 0 Å². The van der Waals surface area contributed by atoms with Gasteiger partial charge in [0.05, 0.1) is 5.56 Å². The van der Waals surface area contributed by atoms with Crippen molar-refractivity contribution in [1.29, 1.82) is 0 Å². The quantitative estimate of drug-likeness (QED) is 0.621. The molecule has 0 atom stereocenters. The van der Waals surface area contributed by atoms with Crippen LogP contribution >= 0.6 is 0 Å². The van der Waals surface area contributed by atoms with Crippen molar-refractivity contribution in [2.24, 2.45) is 0 Å². The molecule has 2 rings (SSSR count). The smallest absolute Gasteiger partial charge is 0.419 e. The van der Waals surface area contributed by atoms with Crippen molar-refractivity contribution in [3.8, 4) is 11.5 Å². The zero-order valence-corrected chi connectivity index (χ0v) is 13.7. The molecule has 0 bridgehead atoms. The normalized spacial score (nSPS) is 12.0. The van der Waals surface area contributed by atoms with E-state index in [1.807, 2.05) is 26.0 Å². The molecule has 0 spiro atoms. The maximum Gasteiger partial charge on any atom is 0.419 e. The summed E-state index contributed by atoms with van der Waals surface area (Å²) in [6.07, 6.45) is -4.46. The number of halogens is 3. The van der Waals surface area contributed by atoms with E-state index in [0.717, 1.165) is 17.2 Å². The summed E-state index contributed by atoms with van der Waals surface area (Å²) >= 11 is 0. The Labute approximate surface area is 135 Å². The number of rotatable bonds is 4. The van der Waals surface area contributed by atoms with Gasteiger partial charge in [0.2, 0.25) is 0 Å². The van der Waals surface area contributed by atoms with Crippen LogP contribution in [-0.2, 0) is 6.18 Å². The molecule has 0 N–H and O–H groups in total. The number of hydrogen-bond donors (Lipinski definition) is 0. The molecule has 1 radical (unpaired) electrons. The highest BCUT2D eigenvalue weighted by atomic mass is 19.4. The van der Waals surface area contributed by atoms with Gasteiger partial charge in [0.15, 0.2) is 0 Å². The Kier molecular flexibility index (Phi) is 5.03. The molecule has 0 amide bonds. The topological polar surface area (TPSA) is 9.23 Å². The minimum Gasteiger partial charge on any atom is -0.456 e. The van der Waals surface area contributed by atoms with Gasteiger partial charge < -0.3 is 4.74 Å². The number of hydrogen-bond acceptors (Lipinski definition) is 1. The van der Waals surface area contributed by atoms with Crippen molar-refractivity contribution >= 4 is 0 Å². The third kappa shape index (κ3) is 3.87. The highest BCUT2D eigenvalue weighted by molar-refractivity contribution is 5.47. The van der Waals surface area contributed by atoms with Crippen molar-refractivity contribution in [2.75, 3.05) is 0 Å². The monoisotopic (exact) mass is 321 g/mol. The number of ether oxygens (including phenoxy) is 1. The Morgan fingerprint density at radius 3 is 2.22 bits per heavy atom. The minimum absolute atomic E-state index is 0.144. The molecule has 0 aliphatic rings. The van der Waals surface area contributed by atoms with Gasteiger partial charge >= 0.3 is 6.18 Å². The summed E-state index contributed by atoms with van der Waals surface area (Å²) in [4.78, 5) is 0. The molecule has 0 saturated heterocycles. The SMILES string of the molecule is CC(C)c1cccc(Oc2c[c]ccc2C(F)(F)F)c1C(C)C. The van der Waals surface area contributed by atoms with Crippen molar-refractivity contribution in [2.45, 2.75) is 45.7 Å². The van der Waals surface area contributed by atoms with Gasteiger partial charge in [-0.2, -0.15) is 13.2 Å². The zero-order valence-electron chi connectivity index (χ0n) is 13.7. The largest absolute Gasteiger partial charge is 0.456 e. The molecule has 123 valence electrons. The van der Waals surface area contributed by atoms with E-state index in [2.05, 4.69) is 19.9 Å². The second-order valence-corrected chi connectivity index (χ2v) is 6.09. The van der Waals surface area contributed by atoms with Crippen LogP contribution < -0.4 is 4.74 Å². The zero-order chi connectivity index (χ0) is 17.2. The molecular formula is C19H20F3O. The van der Waals surface area contributed by atoms with Crippen LogP contribution in [-0.4, -0.2) is 0 Å². The molecule has 0 aromatic heterocycles. The summed E-state index contributed by atoms with van der Waals surface area (Å²) < 4.78 is 45.0. The van der Waals surface area contributed by atoms with Gasteiger partial charge in [-0.1, -0.05) is 45.9 Å². The van der Waals surface area contributed by atoms with E-state index in [9.17, 15) is 13.2 Å². The van der Waals surface area contributed by atoms with Crippen LogP contribution in [0.3, 0.4) is 0 Å². The average molecular weight is 321 g/mol. The Hall–Kier alpha value is -1.97. The number of benzene rings is 2. The first kappa shape index (κ1) is 17.4. The van der Waals surface area contributed by atoms with E-state index in [1.54, 1.807) is 6.07 Å². The maximum atomic E-state index is 13.1. The maximum absolute atomic E-state index is 13.1. The molecule has 0 fully saturated rings. The van der Waals surface area contributed by atoms with Gasteiger partial charge in [-0.3, -0.25) is 0 Å². The molecule has 0 unspecified atom stereocenters. The molecule has 0 aliphatic carbocycles.